The minimum atomic E-state index is 1.19. The molecule has 2 nitrogen and oxygen atoms in total. The molecule has 0 atom stereocenters. The molecule has 0 amide bonds. The van der Waals surface area contributed by atoms with Crippen LogP contribution in [0, 0.1) is 0 Å². The van der Waals surface area contributed by atoms with E-state index < -0.39 is 0 Å². The summed E-state index contributed by atoms with van der Waals surface area (Å²) in [5.74, 6) is 0. The highest BCUT2D eigenvalue weighted by Crippen LogP contribution is 2.08. The van der Waals surface area contributed by atoms with Crippen LogP contribution >= 0.6 is 0 Å². The van der Waals surface area contributed by atoms with Crippen molar-refractivity contribution >= 4 is 0 Å². The fourth-order valence-electron chi connectivity index (χ4n) is 3.03. The van der Waals surface area contributed by atoms with Crippen LogP contribution in [-0.2, 0) is 13.1 Å². The van der Waals surface area contributed by atoms with Crippen LogP contribution in [0.1, 0.15) is 97.3 Å². The molecule has 0 aliphatic carbocycles. The van der Waals surface area contributed by atoms with Gasteiger partial charge in [-0.25, -0.2) is 9.13 Å². The summed E-state index contributed by atoms with van der Waals surface area (Å²) in [6.45, 7) is 6.95. The molecule has 0 bridgehead atoms. The molecular formula is C20H39N2+. The van der Waals surface area contributed by atoms with Crippen LogP contribution in [-0.4, -0.2) is 4.57 Å². The number of aryl methyl sites for hydroxylation is 2. The van der Waals surface area contributed by atoms with Gasteiger partial charge in [0, 0.05) is 0 Å². The molecule has 1 heterocycles. The summed E-state index contributed by atoms with van der Waals surface area (Å²) in [6, 6.07) is 0. The van der Waals surface area contributed by atoms with E-state index in [-0.39, 0.29) is 0 Å². The number of hydrogen-bond donors (Lipinski definition) is 0. The number of nitrogens with zero attached hydrogens (tertiary/aromatic N) is 2. The lowest BCUT2D eigenvalue weighted by molar-refractivity contribution is -0.696. The summed E-state index contributed by atoms with van der Waals surface area (Å²) in [5.41, 5.74) is 0. The van der Waals surface area contributed by atoms with Gasteiger partial charge in [-0.1, -0.05) is 71.6 Å². The largest absolute Gasteiger partial charge is 0.243 e. The Morgan fingerprint density at radius 1 is 0.682 bits per heavy atom. The smallest absolute Gasteiger partial charge is 0.237 e. The van der Waals surface area contributed by atoms with Crippen LogP contribution in [0.25, 0.3) is 0 Å². The van der Waals surface area contributed by atoms with E-state index in [1.807, 2.05) is 0 Å². The summed E-state index contributed by atoms with van der Waals surface area (Å²) >= 11 is 0. The van der Waals surface area contributed by atoms with E-state index in [1.54, 1.807) is 0 Å². The van der Waals surface area contributed by atoms with Gasteiger partial charge >= 0.3 is 0 Å². The van der Waals surface area contributed by atoms with Crippen molar-refractivity contribution in [3.05, 3.63) is 18.7 Å². The number of aromatic nitrogens is 2. The van der Waals surface area contributed by atoms with E-state index in [1.165, 1.54) is 96.6 Å². The molecule has 0 fully saturated rings. The van der Waals surface area contributed by atoms with E-state index in [9.17, 15) is 0 Å². The fraction of sp³-hybridized carbons (Fsp3) is 0.850. The maximum Gasteiger partial charge on any atom is 0.243 e. The van der Waals surface area contributed by atoms with Crippen molar-refractivity contribution in [3.8, 4) is 0 Å². The molecule has 22 heavy (non-hydrogen) atoms. The van der Waals surface area contributed by atoms with Gasteiger partial charge < -0.3 is 0 Å². The Bertz CT molecular complexity index is 343. The van der Waals surface area contributed by atoms with Crippen molar-refractivity contribution < 1.29 is 4.57 Å². The maximum absolute atomic E-state index is 2.36. The predicted octanol–water partition coefficient (Wildman–Crippen LogP) is 5.89. The van der Waals surface area contributed by atoms with Crippen LogP contribution in [0.4, 0.5) is 0 Å². The molecule has 0 aromatic carbocycles. The van der Waals surface area contributed by atoms with E-state index in [4.69, 9.17) is 0 Å². The lowest BCUT2D eigenvalue weighted by Crippen LogP contribution is -2.30. The van der Waals surface area contributed by atoms with Crippen LogP contribution in [0.15, 0.2) is 18.7 Å². The average Bonchev–Trinajstić information content (AvgIpc) is 2.98. The van der Waals surface area contributed by atoms with Gasteiger partial charge in [0.25, 0.3) is 0 Å². The SMILES string of the molecule is CCCCCCCCCn1cc[n+](CCCCCCCC)c1. The molecule has 0 saturated carbocycles. The zero-order valence-corrected chi connectivity index (χ0v) is 15.2. The standard InChI is InChI=1S/C20H39N2/c1-3-5-7-9-11-13-15-17-22-19-18-21(20-22)16-14-12-10-8-6-4-2/h18-20H,3-17H2,1-2H3/q+1. The molecule has 0 radical (unpaired) electrons. The molecule has 0 aliphatic heterocycles. The second-order valence-corrected chi connectivity index (χ2v) is 6.78. The normalized spacial score (nSPS) is 11.2. The lowest BCUT2D eigenvalue weighted by atomic mass is 10.1. The minimum absolute atomic E-state index is 1.19. The van der Waals surface area contributed by atoms with Gasteiger partial charge in [-0.05, 0) is 25.7 Å². The van der Waals surface area contributed by atoms with E-state index in [0.717, 1.165) is 0 Å². The summed E-state index contributed by atoms with van der Waals surface area (Å²) in [4.78, 5) is 0. The van der Waals surface area contributed by atoms with E-state index in [2.05, 4.69) is 41.7 Å². The molecule has 1 rings (SSSR count). The Hall–Kier alpha value is -0.790. The van der Waals surface area contributed by atoms with Crippen LogP contribution in [0.2, 0.25) is 0 Å². The zero-order valence-electron chi connectivity index (χ0n) is 15.2. The topological polar surface area (TPSA) is 8.81 Å². The number of rotatable bonds is 15. The summed E-state index contributed by atoms with van der Waals surface area (Å²) < 4.78 is 4.73. The molecule has 0 spiro atoms. The predicted molar refractivity (Wildman–Crippen MR) is 96.0 cm³/mol. The third-order valence-electron chi connectivity index (χ3n) is 4.54. The summed E-state index contributed by atoms with van der Waals surface area (Å²) in [6.07, 6.45) is 24.8. The Labute approximate surface area is 138 Å². The highest BCUT2D eigenvalue weighted by molar-refractivity contribution is 4.66. The third-order valence-corrected chi connectivity index (χ3v) is 4.54. The first-order valence-corrected chi connectivity index (χ1v) is 9.91. The second kappa shape index (κ2) is 13.8. The molecule has 0 saturated heterocycles. The Balaban J connectivity index is 1.99. The van der Waals surface area contributed by atoms with Crippen molar-refractivity contribution in [2.75, 3.05) is 0 Å². The first-order valence-electron chi connectivity index (χ1n) is 9.91. The first kappa shape index (κ1) is 19.3. The van der Waals surface area contributed by atoms with Gasteiger partial charge in [0.15, 0.2) is 0 Å². The lowest BCUT2D eigenvalue weighted by Gasteiger charge is -2.00. The molecule has 1 aromatic rings. The molecule has 0 aliphatic rings. The molecule has 2 heteroatoms. The Morgan fingerprint density at radius 2 is 1.23 bits per heavy atom. The highest BCUT2D eigenvalue weighted by Gasteiger charge is 2.03. The number of imidazole rings is 1. The van der Waals surface area contributed by atoms with Gasteiger partial charge in [0.1, 0.15) is 12.4 Å². The van der Waals surface area contributed by atoms with Gasteiger partial charge in [-0.15, -0.1) is 0 Å². The van der Waals surface area contributed by atoms with Gasteiger partial charge in [0.2, 0.25) is 6.33 Å². The van der Waals surface area contributed by atoms with Crippen molar-refractivity contribution in [1.82, 2.24) is 4.57 Å². The molecule has 1 aromatic heterocycles. The Morgan fingerprint density at radius 3 is 1.86 bits per heavy atom. The Kier molecular flexibility index (Phi) is 12.1. The monoisotopic (exact) mass is 307 g/mol. The highest BCUT2D eigenvalue weighted by atomic mass is 15.1. The maximum atomic E-state index is 2.36. The molecule has 0 N–H and O–H groups in total. The third kappa shape index (κ3) is 10.0. The van der Waals surface area contributed by atoms with Gasteiger partial charge in [0.05, 0.1) is 13.1 Å². The quantitative estimate of drug-likeness (QED) is 0.282. The van der Waals surface area contributed by atoms with E-state index in [0.29, 0.717) is 0 Å². The first-order chi connectivity index (χ1) is 10.9. The van der Waals surface area contributed by atoms with Crippen molar-refractivity contribution in [1.29, 1.82) is 0 Å². The molecular weight excluding hydrogens is 268 g/mol. The minimum Gasteiger partial charge on any atom is -0.237 e. The van der Waals surface area contributed by atoms with Crippen LogP contribution in [0.5, 0.6) is 0 Å². The fourth-order valence-corrected chi connectivity index (χ4v) is 3.03. The summed E-state index contributed by atoms with van der Waals surface area (Å²) in [7, 11) is 0. The molecule has 0 unspecified atom stereocenters. The van der Waals surface area contributed by atoms with Gasteiger partial charge in [-0.2, -0.15) is 0 Å². The van der Waals surface area contributed by atoms with Crippen LogP contribution in [0.3, 0.4) is 0 Å². The second-order valence-electron chi connectivity index (χ2n) is 6.78. The average molecular weight is 308 g/mol. The molecule has 128 valence electrons. The van der Waals surface area contributed by atoms with Crippen LogP contribution < -0.4 is 4.57 Å². The van der Waals surface area contributed by atoms with Gasteiger partial charge in [-0.3, -0.25) is 0 Å². The van der Waals surface area contributed by atoms with E-state index >= 15 is 0 Å². The van der Waals surface area contributed by atoms with Crippen molar-refractivity contribution in [2.24, 2.45) is 0 Å². The van der Waals surface area contributed by atoms with Crippen molar-refractivity contribution in [2.45, 2.75) is 110 Å². The number of unbranched alkanes of at least 4 members (excludes halogenated alkanes) is 11. The number of hydrogen-bond acceptors (Lipinski definition) is 0. The zero-order chi connectivity index (χ0) is 15.9. The van der Waals surface area contributed by atoms with Crippen molar-refractivity contribution in [3.63, 3.8) is 0 Å². The summed E-state index contributed by atoms with van der Waals surface area (Å²) in [5, 5.41) is 0.